The van der Waals surface area contributed by atoms with Crippen molar-refractivity contribution in [2.45, 2.75) is 31.1 Å². The molecule has 0 spiro atoms. The predicted molar refractivity (Wildman–Crippen MR) is 142 cm³/mol. The highest BCUT2D eigenvalue weighted by Gasteiger charge is 2.39. The highest BCUT2D eigenvalue weighted by atomic mass is 35.5. The smallest absolute Gasteiger partial charge is 0.262 e. The molecular weight excluding hydrogens is 499 g/mol. The van der Waals surface area contributed by atoms with Gasteiger partial charge in [0.1, 0.15) is 11.1 Å². The summed E-state index contributed by atoms with van der Waals surface area (Å²) >= 11 is 7.02. The van der Waals surface area contributed by atoms with Gasteiger partial charge in [0.15, 0.2) is 5.17 Å². The summed E-state index contributed by atoms with van der Waals surface area (Å²) in [5.41, 5.74) is 4.51. The molecule has 0 bridgehead atoms. The van der Waals surface area contributed by atoms with Gasteiger partial charge in [-0.05, 0) is 36.2 Å². The minimum atomic E-state index is -0.675. The van der Waals surface area contributed by atoms with E-state index in [1.807, 2.05) is 37.3 Å². The number of benzene rings is 3. The molecule has 36 heavy (non-hydrogen) atoms. The van der Waals surface area contributed by atoms with E-state index in [1.165, 1.54) is 30.0 Å². The Morgan fingerprint density at radius 2 is 1.89 bits per heavy atom. The summed E-state index contributed by atoms with van der Waals surface area (Å²) in [6, 6.07) is 22.0. The van der Waals surface area contributed by atoms with Gasteiger partial charge < -0.3 is 5.32 Å². The van der Waals surface area contributed by atoms with E-state index >= 15 is 0 Å². The zero-order valence-corrected chi connectivity index (χ0v) is 20.9. The van der Waals surface area contributed by atoms with E-state index in [0.29, 0.717) is 17.3 Å². The lowest BCUT2D eigenvalue weighted by atomic mass is 9.98. The first-order valence-corrected chi connectivity index (χ1v) is 12.7. The normalized spacial score (nSPS) is 19.3. The van der Waals surface area contributed by atoms with E-state index in [2.05, 4.69) is 34.6 Å². The fourth-order valence-corrected chi connectivity index (χ4v) is 5.34. The van der Waals surface area contributed by atoms with E-state index in [0.717, 1.165) is 22.4 Å². The van der Waals surface area contributed by atoms with Gasteiger partial charge in [-0.3, -0.25) is 9.59 Å². The summed E-state index contributed by atoms with van der Waals surface area (Å²) in [7, 11) is 0. The molecule has 182 valence electrons. The molecule has 2 atom stereocenters. The SMILES string of the molecule is Cc1ccc([C@H]2CC(c3ccccc3)=NN2C2=NC(=O)[C@H](CC(=O)Nc3ccc(F)c(Cl)c3)S2)cc1. The van der Waals surface area contributed by atoms with Crippen LogP contribution < -0.4 is 5.32 Å². The maximum atomic E-state index is 13.4. The monoisotopic (exact) mass is 520 g/mol. The number of rotatable bonds is 5. The summed E-state index contributed by atoms with van der Waals surface area (Å²) in [6.45, 7) is 2.03. The van der Waals surface area contributed by atoms with Crippen LogP contribution in [0.4, 0.5) is 10.1 Å². The fraction of sp³-hybridized carbons (Fsp3) is 0.185. The molecule has 2 aliphatic heterocycles. The Bertz CT molecular complexity index is 1380. The van der Waals surface area contributed by atoms with Crippen molar-refractivity contribution in [3.8, 4) is 0 Å². The van der Waals surface area contributed by atoms with Crippen LogP contribution in [-0.2, 0) is 9.59 Å². The lowest BCUT2D eigenvalue weighted by molar-refractivity contribution is -0.121. The average Bonchev–Trinajstić information content (AvgIpc) is 3.46. The number of hydrogen-bond donors (Lipinski definition) is 1. The lowest BCUT2D eigenvalue weighted by Crippen LogP contribution is -2.25. The van der Waals surface area contributed by atoms with Gasteiger partial charge in [-0.2, -0.15) is 10.1 Å². The number of aryl methyl sites for hydroxylation is 1. The Morgan fingerprint density at radius 3 is 2.61 bits per heavy atom. The predicted octanol–water partition coefficient (Wildman–Crippen LogP) is 5.97. The zero-order chi connectivity index (χ0) is 25.2. The number of nitrogens with one attached hydrogen (secondary N) is 1. The van der Waals surface area contributed by atoms with Crippen LogP contribution >= 0.6 is 23.4 Å². The number of hydrazone groups is 1. The minimum absolute atomic E-state index is 0.0796. The second kappa shape index (κ2) is 10.2. The third kappa shape index (κ3) is 5.20. The van der Waals surface area contributed by atoms with Crippen molar-refractivity contribution in [3.63, 3.8) is 0 Å². The third-order valence-corrected chi connectivity index (χ3v) is 7.41. The van der Waals surface area contributed by atoms with Gasteiger partial charge in [0.2, 0.25) is 5.91 Å². The van der Waals surface area contributed by atoms with E-state index < -0.39 is 11.1 Å². The molecule has 2 aliphatic rings. The highest BCUT2D eigenvalue weighted by molar-refractivity contribution is 8.15. The van der Waals surface area contributed by atoms with Crippen LogP contribution in [0.1, 0.15) is 35.6 Å². The van der Waals surface area contributed by atoms with Gasteiger partial charge in [-0.1, -0.05) is 83.5 Å². The molecule has 3 aromatic rings. The van der Waals surface area contributed by atoms with Crippen LogP contribution in [-0.4, -0.2) is 33.0 Å². The van der Waals surface area contributed by atoms with Crippen LogP contribution in [0.5, 0.6) is 0 Å². The molecule has 1 N–H and O–H groups in total. The van der Waals surface area contributed by atoms with Gasteiger partial charge in [-0.25, -0.2) is 9.40 Å². The molecule has 6 nitrogen and oxygen atoms in total. The molecule has 0 unspecified atom stereocenters. The molecule has 0 aromatic heterocycles. The van der Waals surface area contributed by atoms with Crippen molar-refractivity contribution in [1.82, 2.24) is 5.01 Å². The molecule has 9 heteroatoms. The molecular formula is C27H22ClFN4O2S. The zero-order valence-electron chi connectivity index (χ0n) is 19.3. The van der Waals surface area contributed by atoms with Crippen molar-refractivity contribution in [1.29, 1.82) is 0 Å². The molecule has 3 aromatic carbocycles. The molecule has 0 saturated heterocycles. The number of aliphatic imine (C=N–C) groups is 1. The first-order chi connectivity index (χ1) is 17.4. The lowest BCUT2D eigenvalue weighted by Gasteiger charge is -2.23. The summed E-state index contributed by atoms with van der Waals surface area (Å²) in [5, 5.41) is 9.02. The Labute approximate surface area is 217 Å². The van der Waals surface area contributed by atoms with E-state index in [-0.39, 0.29) is 29.3 Å². The number of amides is 2. The van der Waals surface area contributed by atoms with E-state index in [1.54, 1.807) is 5.01 Å². The first kappa shape index (κ1) is 24.2. The average molecular weight is 521 g/mol. The van der Waals surface area contributed by atoms with Crippen LogP contribution in [0.2, 0.25) is 5.02 Å². The molecule has 2 heterocycles. The molecule has 0 saturated carbocycles. The van der Waals surface area contributed by atoms with Crippen LogP contribution in [0, 0.1) is 12.7 Å². The largest absolute Gasteiger partial charge is 0.326 e. The molecule has 0 aliphatic carbocycles. The van der Waals surface area contributed by atoms with Crippen molar-refractivity contribution >= 4 is 51.7 Å². The summed E-state index contributed by atoms with van der Waals surface area (Å²) in [6.07, 6.45) is 0.584. The maximum Gasteiger partial charge on any atom is 0.262 e. The number of carbonyl (C=O) groups is 2. The molecule has 0 radical (unpaired) electrons. The molecule has 5 rings (SSSR count). The second-order valence-electron chi connectivity index (χ2n) is 8.61. The second-order valence-corrected chi connectivity index (χ2v) is 10.2. The van der Waals surface area contributed by atoms with Gasteiger partial charge in [0, 0.05) is 18.5 Å². The molecule has 2 amide bonds. The minimum Gasteiger partial charge on any atom is -0.326 e. The quantitative estimate of drug-likeness (QED) is 0.450. The number of nitrogens with zero attached hydrogens (tertiary/aromatic N) is 3. The van der Waals surface area contributed by atoms with Crippen LogP contribution in [0.25, 0.3) is 0 Å². The van der Waals surface area contributed by atoms with Crippen molar-refractivity contribution in [3.05, 3.63) is 100 Å². The third-order valence-electron chi connectivity index (χ3n) is 5.98. The van der Waals surface area contributed by atoms with E-state index in [4.69, 9.17) is 16.7 Å². The Hall–Kier alpha value is -3.49. The number of hydrogen-bond acceptors (Lipinski definition) is 5. The van der Waals surface area contributed by atoms with Gasteiger partial charge in [0.05, 0.1) is 16.8 Å². The number of anilines is 1. The van der Waals surface area contributed by atoms with Crippen molar-refractivity contribution in [2.24, 2.45) is 10.1 Å². The number of thioether (sulfide) groups is 1. The number of carbonyl (C=O) groups excluding carboxylic acids is 2. The summed E-state index contributed by atoms with van der Waals surface area (Å²) in [4.78, 5) is 29.6. The topological polar surface area (TPSA) is 74.1 Å². The number of amidine groups is 1. The number of halogens is 2. The van der Waals surface area contributed by atoms with E-state index in [9.17, 15) is 14.0 Å². The molecule has 0 fully saturated rings. The fourth-order valence-electron chi connectivity index (χ4n) is 4.10. The van der Waals surface area contributed by atoms with Gasteiger partial charge in [0.25, 0.3) is 5.91 Å². The highest BCUT2D eigenvalue weighted by Crippen LogP contribution is 2.38. The summed E-state index contributed by atoms with van der Waals surface area (Å²) in [5.74, 6) is -1.34. The summed E-state index contributed by atoms with van der Waals surface area (Å²) < 4.78 is 13.4. The Balaban J connectivity index is 1.33. The van der Waals surface area contributed by atoms with Crippen LogP contribution in [0.3, 0.4) is 0 Å². The van der Waals surface area contributed by atoms with Gasteiger partial charge >= 0.3 is 0 Å². The Morgan fingerprint density at radius 1 is 1.14 bits per heavy atom. The maximum absolute atomic E-state index is 13.4. The van der Waals surface area contributed by atoms with Crippen LogP contribution in [0.15, 0.2) is 82.9 Å². The standard InChI is InChI=1S/C27H22ClFN4O2S/c1-16-7-9-18(10-8-16)23-14-22(17-5-3-2-4-6-17)32-33(23)27-31-26(35)24(36-27)15-25(34)30-19-11-12-21(29)20(28)13-19/h2-13,23-24H,14-15H2,1H3,(H,30,34)/t23-,24+/m1/s1. The first-order valence-electron chi connectivity index (χ1n) is 11.4. The van der Waals surface area contributed by atoms with Crippen molar-refractivity contribution in [2.75, 3.05) is 5.32 Å². The van der Waals surface area contributed by atoms with Gasteiger partial charge in [-0.15, -0.1) is 0 Å². The Kier molecular flexibility index (Phi) is 6.89. The van der Waals surface area contributed by atoms with Crippen molar-refractivity contribution < 1.29 is 14.0 Å².